The van der Waals surface area contributed by atoms with Crippen LogP contribution in [0.5, 0.6) is 0 Å². The number of nitro groups is 1. The topological polar surface area (TPSA) is 165 Å². The summed E-state index contributed by atoms with van der Waals surface area (Å²) >= 11 is 0. The van der Waals surface area contributed by atoms with Crippen LogP contribution in [-0.2, 0) is 23.9 Å². The van der Waals surface area contributed by atoms with Crippen molar-refractivity contribution in [3.63, 3.8) is 0 Å². The number of rotatable bonds is 12. The van der Waals surface area contributed by atoms with E-state index in [-0.39, 0.29) is 31.1 Å². The molecular formula is C21H29N3O8. The van der Waals surface area contributed by atoms with Crippen molar-refractivity contribution in [2.75, 3.05) is 6.61 Å². The second-order valence-electron chi connectivity index (χ2n) is 7.67. The fourth-order valence-corrected chi connectivity index (χ4v) is 3.21. The number of carboxylic acids is 1. The fourth-order valence-electron chi connectivity index (χ4n) is 3.21. The summed E-state index contributed by atoms with van der Waals surface area (Å²) in [5.74, 6) is -4.28. The zero-order valence-electron chi connectivity index (χ0n) is 18.5. The van der Waals surface area contributed by atoms with Crippen molar-refractivity contribution in [1.29, 1.82) is 0 Å². The van der Waals surface area contributed by atoms with Crippen LogP contribution in [0.3, 0.4) is 0 Å². The largest absolute Gasteiger partial charge is 0.480 e. The van der Waals surface area contributed by atoms with Crippen molar-refractivity contribution >= 4 is 29.4 Å². The van der Waals surface area contributed by atoms with Crippen molar-refractivity contribution in [3.05, 3.63) is 39.9 Å². The maximum atomic E-state index is 12.8. The zero-order valence-corrected chi connectivity index (χ0v) is 18.5. The minimum Gasteiger partial charge on any atom is -0.480 e. The molecule has 0 saturated heterocycles. The summed E-state index contributed by atoms with van der Waals surface area (Å²) in [6, 6.07) is 2.54. The van der Waals surface area contributed by atoms with Gasteiger partial charge in [0.15, 0.2) is 0 Å². The van der Waals surface area contributed by atoms with Gasteiger partial charge in [-0.15, -0.1) is 0 Å². The first kappa shape index (κ1) is 26.5. The van der Waals surface area contributed by atoms with E-state index in [0.29, 0.717) is 5.56 Å². The predicted molar refractivity (Wildman–Crippen MR) is 114 cm³/mol. The Morgan fingerprint density at radius 2 is 1.72 bits per heavy atom. The number of nitrogens with one attached hydrogen (secondary N) is 2. The summed E-state index contributed by atoms with van der Waals surface area (Å²) < 4.78 is 4.93. The van der Waals surface area contributed by atoms with Crippen LogP contribution in [0.25, 0.3) is 0 Å². The summed E-state index contributed by atoms with van der Waals surface area (Å²) in [7, 11) is 0. The highest BCUT2D eigenvalue weighted by atomic mass is 16.6. The molecule has 3 atom stereocenters. The second kappa shape index (κ2) is 12.4. The molecule has 0 heterocycles. The molecule has 0 saturated carbocycles. The number of carbonyl (C=O) groups is 4. The quantitative estimate of drug-likeness (QED) is 0.246. The molecule has 1 rings (SSSR count). The van der Waals surface area contributed by atoms with Gasteiger partial charge >= 0.3 is 11.9 Å². The lowest BCUT2D eigenvalue weighted by atomic mass is 9.87. The number of nitrogens with zero attached hydrogens (tertiary/aromatic N) is 1. The normalized spacial score (nSPS) is 13.5. The summed E-state index contributed by atoms with van der Waals surface area (Å²) in [5.41, 5.74) is 0.0958. The minimum atomic E-state index is -1.54. The number of hydrogen-bond acceptors (Lipinski definition) is 7. The van der Waals surface area contributed by atoms with Gasteiger partial charge in [0.2, 0.25) is 11.8 Å². The van der Waals surface area contributed by atoms with Crippen LogP contribution < -0.4 is 10.6 Å². The number of benzene rings is 1. The van der Waals surface area contributed by atoms with Crippen molar-refractivity contribution in [2.45, 2.75) is 58.5 Å². The molecule has 3 N–H and O–H groups in total. The average Bonchev–Trinajstić information content (AvgIpc) is 2.69. The molecule has 0 bridgehead atoms. The Balaban J connectivity index is 3.28. The van der Waals surface area contributed by atoms with Crippen LogP contribution in [-0.4, -0.2) is 52.5 Å². The number of aliphatic carboxylic acids is 1. The first-order valence-corrected chi connectivity index (χ1v) is 10.2. The lowest BCUT2D eigenvalue weighted by Gasteiger charge is -2.27. The molecule has 0 aliphatic carbocycles. The van der Waals surface area contributed by atoms with E-state index in [9.17, 15) is 34.4 Å². The number of non-ortho nitro benzene ring substituents is 1. The van der Waals surface area contributed by atoms with Crippen LogP contribution in [0.1, 0.15) is 52.0 Å². The molecule has 2 amide bonds. The molecule has 0 spiro atoms. The smallest absolute Gasteiger partial charge is 0.326 e. The van der Waals surface area contributed by atoms with E-state index in [4.69, 9.17) is 4.74 Å². The van der Waals surface area contributed by atoms with E-state index in [0.717, 1.165) is 0 Å². The molecule has 0 aromatic heterocycles. The molecule has 32 heavy (non-hydrogen) atoms. The van der Waals surface area contributed by atoms with Gasteiger partial charge in [-0.05, 0) is 24.8 Å². The number of carbonyl (C=O) groups excluding carboxylic acids is 3. The van der Waals surface area contributed by atoms with Gasteiger partial charge in [-0.3, -0.25) is 24.5 Å². The highest BCUT2D eigenvalue weighted by Gasteiger charge is 2.35. The Morgan fingerprint density at radius 1 is 1.12 bits per heavy atom. The Kier molecular flexibility index (Phi) is 10.3. The fraction of sp³-hybridized carbons (Fsp3) is 0.524. The maximum Gasteiger partial charge on any atom is 0.326 e. The SMILES string of the molecule is CCOC(=O)C[C@H](c1ccc([N+](=O)[O-])cc1)[C@@H](NC(=O)[C@H](CC(C)C)NC(C)=O)C(=O)O. The van der Waals surface area contributed by atoms with Gasteiger partial charge in [-0.1, -0.05) is 26.0 Å². The maximum absolute atomic E-state index is 12.8. The summed E-state index contributed by atoms with van der Waals surface area (Å²) in [6.07, 6.45) is -0.101. The number of ether oxygens (including phenoxy) is 1. The van der Waals surface area contributed by atoms with Crippen molar-refractivity contribution in [3.8, 4) is 0 Å². The van der Waals surface area contributed by atoms with Gasteiger partial charge in [0.1, 0.15) is 12.1 Å². The molecular weight excluding hydrogens is 422 g/mol. The molecule has 1 aromatic carbocycles. The number of nitro benzene ring substituents is 1. The summed E-state index contributed by atoms with van der Waals surface area (Å²) in [6.45, 7) is 6.61. The van der Waals surface area contributed by atoms with E-state index in [1.807, 2.05) is 13.8 Å². The molecule has 0 radical (unpaired) electrons. The van der Waals surface area contributed by atoms with Crippen LogP contribution in [0, 0.1) is 16.0 Å². The van der Waals surface area contributed by atoms with Crippen molar-refractivity contribution < 1.29 is 33.9 Å². The number of amides is 2. The molecule has 0 unspecified atom stereocenters. The lowest BCUT2D eigenvalue weighted by Crippen LogP contribution is -2.53. The van der Waals surface area contributed by atoms with Crippen LogP contribution in [0.15, 0.2) is 24.3 Å². The van der Waals surface area contributed by atoms with Crippen LogP contribution >= 0.6 is 0 Å². The Morgan fingerprint density at radius 3 is 2.16 bits per heavy atom. The summed E-state index contributed by atoms with van der Waals surface area (Å²) in [5, 5.41) is 25.7. The van der Waals surface area contributed by atoms with E-state index in [1.54, 1.807) is 6.92 Å². The molecule has 0 aliphatic heterocycles. The predicted octanol–water partition coefficient (Wildman–Crippen LogP) is 1.75. The Hall–Kier alpha value is -3.50. The van der Waals surface area contributed by atoms with Gasteiger partial charge in [-0.2, -0.15) is 0 Å². The van der Waals surface area contributed by atoms with Crippen LogP contribution in [0.2, 0.25) is 0 Å². The number of esters is 1. The monoisotopic (exact) mass is 451 g/mol. The Bertz CT molecular complexity index is 838. The van der Waals surface area contributed by atoms with E-state index in [1.165, 1.54) is 31.2 Å². The van der Waals surface area contributed by atoms with Crippen molar-refractivity contribution in [1.82, 2.24) is 10.6 Å². The third-order valence-electron chi connectivity index (χ3n) is 4.59. The third kappa shape index (κ3) is 8.32. The van der Waals surface area contributed by atoms with E-state index >= 15 is 0 Å². The van der Waals surface area contributed by atoms with Crippen LogP contribution in [0.4, 0.5) is 5.69 Å². The van der Waals surface area contributed by atoms with E-state index < -0.39 is 46.7 Å². The lowest BCUT2D eigenvalue weighted by molar-refractivity contribution is -0.384. The van der Waals surface area contributed by atoms with Gasteiger partial charge in [0.05, 0.1) is 18.0 Å². The van der Waals surface area contributed by atoms with E-state index in [2.05, 4.69) is 10.6 Å². The second-order valence-corrected chi connectivity index (χ2v) is 7.67. The standard InChI is InChI=1S/C21H29N3O8/c1-5-32-18(26)11-16(14-6-8-15(9-7-14)24(30)31)19(21(28)29)23-20(27)17(10-12(2)3)22-13(4)25/h6-9,12,16-17,19H,5,10-11H2,1-4H3,(H,22,25)(H,23,27)(H,28,29)/t16-,17+,19-/m1/s1. The van der Waals surface area contributed by atoms with Gasteiger partial charge in [0, 0.05) is 25.0 Å². The van der Waals surface area contributed by atoms with Crippen molar-refractivity contribution in [2.24, 2.45) is 5.92 Å². The minimum absolute atomic E-state index is 0.0332. The molecule has 0 aliphatic rings. The molecule has 176 valence electrons. The molecule has 11 nitrogen and oxygen atoms in total. The van der Waals surface area contributed by atoms with Gasteiger partial charge < -0.3 is 20.5 Å². The third-order valence-corrected chi connectivity index (χ3v) is 4.59. The molecule has 11 heteroatoms. The van der Waals surface area contributed by atoms with Gasteiger partial charge in [0.25, 0.3) is 5.69 Å². The number of hydrogen-bond donors (Lipinski definition) is 3. The van der Waals surface area contributed by atoms with Gasteiger partial charge in [-0.25, -0.2) is 4.79 Å². The molecule has 0 fully saturated rings. The first-order chi connectivity index (χ1) is 15.0. The highest BCUT2D eigenvalue weighted by Crippen LogP contribution is 2.27. The summed E-state index contributed by atoms with van der Waals surface area (Å²) in [4.78, 5) is 58.9. The molecule has 1 aromatic rings. The zero-order chi connectivity index (χ0) is 24.4. The highest BCUT2D eigenvalue weighted by molar-refractivity contribution is 5.90. The number of carboxylic acid groups (broad SMARTS) is 1. The first-order valence-electron chi connectivity index (χ1n) is 10.2. The average molecular weight is 451 g/mol. The Labute approximate surface area is 185 Å².